The maximum atomic E-state index is 12.0. The Bertz CT molecular complexity index is 1170. The number of aromatic nitrogens is 4. The largest absolute Gasteiger partial charge is 0.380 e. The van der Waals surface area contributed by atoms with Crippen LogP contribution in [0.2, 0.25) is 0 Å². The van der Waals surface area contributed by atoms with E-state index in [1.165, 1.54) is 0 Å². The van der Waals surface area contributed by atoms with Crippen molar-refractivity contribution in [1.82, 2.24) is 19.5 Å². The lowest BCUT2D eigenvalue weighted by molar-refractivity contribution is -0.127. The van der Waals surface area contributed by atoms with Crippen LogP contribution < -0.4 is 21.1 Å². The Labute approximate surface area is 191 Å². The highest BCUT2D eigenvalue weighted by Gasteiger charge is 2.49. The zero-order valence-corrected chi connectivity index (χ0v) is 18.4. The summed E-state index contributed by atoms with van der Waals surface area (Å²) in [7, 11) is 0. The molecule has 9 nitrogen and oxygen atoms in total. The monoisotopic (exact) mass is 445 g/mol. The standard InChI is InChI=1S/C24H27N7O2/c32-22-3-1-2-8-31(22)19-6-7-21(25-10-19)28-17-4-5-18(9-17)29-23-26-11-20(12-27-23)30-13-24(14-30)15-33-16-24/h1-3,6-8,10-12,17-18H,4-5,9,13-16H2,(H,25,28)(H,26,27,29)/t17-,18-/m0/s1. The number of pyridine rings is 2. The van der Waals surface area contributed by atoms with Crippen molar-refractivity contribution in [2.24, 2.45) is 5.41 Å². The van der Waals surface area contributed by atoms with Gasteiger partial charge in [0.1, 0.15) is 5.82 Å². The van der Waals surface area contributed by atoms with Gasteiger partial charge in [-0.1, -0.05) is 6.07 Å². The van der Waals surface area contributed by atoms with Crippen molar-refractivity contribution < 1.29 is 4.74 Å². The molecule has 0 radical (unpaired) electrons. The molecule has 2 aliphatic heterocycles. The zero-order chi connectivity index (χ0) is 22.3. The molecule has 3 fully saturated rings. The molecule has 33 heavy (non-hydrogen) atoms. The maximum absolute atomic E-state index is 12.0. The molecular formula is C24H27N7O2. The Kier molecular flexibility index (Phi) is 4.98. The summed E-state index contributed by atoms with van der Waals surface area (Å²) in [4.78, 5) is 27.9. The molecule has 0 unspecified atom stereocenters. The van der Waals surface area contributed by atoms with E-state index < -0.39 is 0 Å². The molecule has 0 aromatic carbocycles. The van der Waals surface area contributed by atoms with Gasteiger partial charge in [-0.2, -0.15) is 0 Å². The van der Waals surface area contributed by atoms with Crippen molar-refractivity contribution in [2.75, 3.05) is 41.8 Å². The van der Waals surface area contributed by atoms with Gasteiger partial charge in [-0.3, -0.25) is 9.36 Å². The van der Waals surface area contributed by atoms with Crippen molar-refractivity contribution in [1.29, 1.82) is 0 Å². The van der Waals surface area contributed by atoms with E-state index in [4.69, 9.17) is 4.74 Å². The summed E-state index contributed by atoms with van der Waals surface area (Å²) in [5.41, 5.74) is 2.15. The van der Waals surface area contributed by atoms with Crippen LogP contribution >= 0.6 is 0 Å². The quantitative estimate of drug-likeness (QED) is 0.597. The number of nitrogens with zero attached hydrogens (tertiary/aromatic N) is 5. The predicted molar refractivity (Wildman–Crippen MR) is 126 cm³/mol. The van der Waals surface area contributed by atoms with Gasteiger partial charge < -0.3 is 20.3 Å². The number of rotatable bonds is 6. The SMILES string of the molecule is O=c1ccccn1-c1ccc(N[C@H]2CC[C@H](Nc3ncc(N4CC5(COC5)C4)cn3)C2)nc1. The highest BCUT2D eigenvalue weighted by atomic mass is 16.5. The van der Waals surface area contributed by atoms with E-state index in [1.807, 2.05) is 30.6 Å². The molecule has 0 bridgehead atoms. The van der Waals surface area contributed by atoms with Crippen LogP contribution in [0.5, 0.6) is 0 Å². The highest BCUT2D eigenvalue weighted by Crippen LogP contribution is 2.39. The van der Waals surface area contributed by atoms with Crippen molar-refractivity contribution in [3.63, 3.8) is 0 Å². The fourth-order valence-corrected chi connectivity index (χ4v) is 4.97. The van der Waals surface area contributed by atoms with Gasteiger partial charge in [0, 0.05) is 37.4 Å². The van der Waals surface area contributed by atoms with Crippen LogP contribution in [-0.2, 0) is 4.74 Å². The minimum Gasteiger partial charge on any atom is -0.380 e. The summed E-state index contributed by atoms with van der Waals surface area (Å²) < 4.78 is 6.92. The molecule has 2 N–H and O–H groups in total. The van der Waals surface area contributed by atoms with Gasteiger partial charge in [-0.05, 0) is 37.5 Å². The molecule has 9 heteroatoms. The first-order valence-corrected chi connectivity index (χ1v) is 11.5. The first-order chi connectivity index (χ1) is 16.2. The van der Waals surface area contributed by atoms with Crippen LogP contribution in [-0.4, -0.2) is 57.9 Å². The topological polar surface area (TPSA) is 97.2 Å². The molecule has 1 saturated carbocycles. The van der Waals surface area contributed by atoms with Crippen molar-refractivity contribution in [3.05, 3.63) is 65.5 Å². The normalized spacial score (nSPS) is 23.1. The Morgan fingerprint density at radius 1 is 0.909 bits per heavy atom. The van der Waals surface area contributed by atoms with Crippen LogP contribution in [0.15, 0.2) is 59.9 Å². The van der Waals surface area contributed by atoms with Crippen molar-refractivity contribution in [3.8, 4) is 5.69 Å². The minimum absolute atomic E-state index is 0.0678. The minimum atomic E-state index is -0.0678. The van der Waals surface area contributed by atoms with E-state index in [2.05, 4.69) is 30.5 Å². The van der Waals surface area contributed by atoms with Crippen LogP contribution in [0, 0.1) is 5.41 Å². The summed E-state index contributed by atoms with van der Waals surface area (Å²) in [6.45, 7) is 3.84. The van der Waals surface area contributed by atoms with Gasteiger partial charge >= 0.3 is 0 Å². The average Bonchev–Trinajstić information content (AvgIpc) is 3.21. The lowest BCUT2D eigenvalue weighted by Gasteiger charge is -2.55. The van der Waals surface area contributed by atoms with E-state index >= 15 is 0 Å². The van der Waals surface area contributed by atoms with Crippen LogP contribution in [0.4, 0.5) is 17.5 Å². The number of hydrogen-bond donors (Lipinski definition) is 2. The molecule has 2 atom stereocenters. The lowest BCUT2D eigenvalue weighted by Crippen LogP contribution is -2.66. The fraction of sp³-hybridized carbons (Fsp3) is 0.417. The van der Waals surface area contributed by atoms with Crippen LogP contribution in [0.3, 0.4) is 0 Å². The summed E-state index contributed by atoms with van der Waals surface area (Å²) in [5.74, 6) is 1.50. The number of hydrogen-bond acceptors (Lipinski definition) is 8. The lowest BCUT2D eigenvalue weighted by atomic mass is 9.78. The molecule has 3 aromatic rings. The van der Waals surface area contributed by atoms with Crippen LogP contribution in [0.1, 0.15) is 19.3 Å². The van der Waals surface area contributed by atoms with E-state index in [9.17, 15) is 4.79 Å². The van der Waals surface area contributed by atoms with Gasteiger partial charge in [0.15, 0.2) is 0 Å². The molecule has 0 amide bonds. The molecule has 3 aromatic heterocycles. The number of nitrogens with one attached hydrogen (secondary N) is 2. The molecule has 1 aliphatic carbocycles. The maximum Gasteiger partial charge on any atom is 0.255 e. The Balaban J connectivity index is 1.01. The Morgan fingerprint density at radius 3 is 2.33 bits per heavy atom. The van der Waals surface area contributed by atoms with Crippen molar-refractivity contribution >= 4 is 17.5 Å². The molecule has 2 saturated heterocycles. The van der Waals surface area contributed by atoms with E-state index in [0.717, 1.165) is 62.8 Å². The van der Waals surface area contributed by atoms with E-state index in [0.29, 0.717) is 23.4 Å². The molecule has 3 aliphatic rings. The van der Waals surface area contributed by atoms with E-state index in [1.54, 1.807) is 29.1 Å². The van der Waals surface area contributed by atoms with Gasteiger partial charge in [0.2, 0.25) is 5.95 Å². The molecular weight excluding hydrogens is 418 g/mol. The molecule has 170 valence electrons. The smallest absolute Gasteiger partial charge is 0.255 e. The van der Waals surface area contributed by atoms with Gasteiger partial charge in [0.25, 0.3) is 5.56 Å². The van der Waals surface area contributed by atoms with Gasteiger partial charge in [-0.15, -0.1) is 0 Å². The summed E-state index contributed by atoms with van der Waals surface area (Å²) >= 11 is 0. The second-order valence-electron chi connectivity index (χ2n) is 9.42. The summed E-state index contributed by atoms with van der Waals surface area (Å²) in [6, 6.07) is 9.61. The highest BCUT2D eigenvalue weighted by molar-refractivity contribution is 5.49. The molecule has 1 spiro atoms. The van der Waals surface area contributed by atoms with Crippen LogP contribution in [0.25, 0.3) is 5.69 Å². The first-order valence-electron chi connectivity index (χ1n) is 11.5. The summed E-state index contributed by atoms with van der Waals surface area (Å²) in [6.07, 6.45) is 10.4. The number of anilines is 3. The zero-order valence-electron chi connectivity index (χ0n) is 18.4. The van der Waals surface area contributed by atoms with Gasteiger partial charge in [0.05, 0.1) is 48.6 Å². The fourth-order valence-electron chi connectivity index (χ4n) is 4.97. The second kappa shape index (κ2) is 8.15. The molecule has 6 rings (SSSR count). The summed E-state index contributed by atoms with van der Waals surface area (Å²) in [5, 5.41) is 6.99. The van der Waals surface area contributed by atoms with Gasteiger partial charge in [-0.25, -0.2) is 15.0 Å². The average molecular weight is 446 g/mol. The first kappa shape index (κ1) is 20.2. The molecule has 5 heterocycles. The Morgan fingerprint density at radius 2 is 1.67 bits per heavy atom. The predicted octanol–water partition coefficient (Wildman–Crippen LogP) is 2.30. The van der Waals surface area contributed by atoms with Crippen molar-refractivity contribution in [2.45, 2.75) is 31.3 Å². The Hall–Kier alpha value is -3.46. The third-order valence-corrected chi connectivity index (χ3v) is 6.84. The number of ether oxygens (including phenoxy) is 1. The third-order valence-electron chi connectivity index (χ3n) is 6.84. The third kappa shape index (κ3) is 4.04. The van der Waals surface area contributed by atoms with E-state index in [-0.39, 0.29) is 5.56 Å². The second-order valence-corrected chi connectivity index (χ2v) is 9.42.